The molecule has 7 rings (SSSR count). The van der Waals surface area contributed by atoms with Gasteiger partial charge in [0.25, 0.3) is 0 Å². The first-order chi connectivity index (χ1) is 22.0. The van der Waals surface area contributed by atoms with Crippen molar-refractivity contribution in [2.24, 2.45) is 0 Å². The highest BCUT2D eigenvalue weighted by Gasteiger charge is 2.17. The molecule has 45 heavy (non-hydrogen) atoms. The molecule has 224 valence electrons. The van der Waals surface area contributed by atoms with E-state index >= 15 is 0 Å². The second-order valence-electron chi connectivity index (χ2n) is 11.0. The number of halogens is 1. The van der Waals surface area contributed by atoms with E-state index in [0.717, 1.165) is 51.0 Å². The Bertz CT molecular complexity index is 2110. The highest BCUT2D eigenvalue weighted by molar-refractivity contribution is 6.00. The molecule has 0 fully saturated rings. The molecule has 0 unspecified atom stereocenters. The van der Waals surface area contributed by atoms with Gasteiger partial charge in [-0.1, -0.05) is 30.3 Å². The molecule has 7 aromatic rings. The van der Waals surface area contributed by atoms with E-state index < -0.39 is 0 Å². The molecule has 9 nitrogen and oxygen atoms in total. The van der Waals surface area contributed by atoms with Gasteiger partial charge in [0, 0.05) is 41.5 Å². The summed E-state index contributed by atoms with van der Waals surface area (Å²) in [6, 6.07) is 22.5. The first kappa shape index (κ1) is 28.2. The molecule has 10 heteroatoms. The second kappa shape index (κ2) is 12.2. The zero-order chi connectivity index (χ0) is 30.8. The van der Waals surface area contributed by atoms with Crippen molar-refractivity contribution in [1.82, 2.24) is 35.0 Å². The number of hydrogen-bond acceptors (Lipinski definition) is 7. The standard InChI is InChI=1S/C35H30FN7O2/c1-43(2)10-11-44-26-13-23(12-25(36)15-26)29-19-38-20-33-28(29)16-32(39-33)35-34-31(41-42-35)9-8-30(40-34)24-14-27(18-37-17-24)45-21-22-6-4-3-5-7-22/h3-9,12-20,39H,10-11,21H2,1-2H3,(H,41,42). The summed E-state index contributed by atoms with van der Waals surface area (Å²) in [6.45, 7) is 1.62. The van der Waals surface area contributed by atoms with Crippen LogP contribution >= 0.6 is 0 Å². The molecule has 5 aromatic heterocycles. The van der Waals surface area contributed by atoms with E-state index in [0.29, 0.717) is 41.5 Å². The molecule has 0 spiro atoms. The Morgan fingerprint density at radius 1 is 0.800 bits per heavy atom. The van der Waals surface area contributed by atoms with E-state index in [1.165, 1.54) is 12.1 Å². The van der Waals surface area contributed by atoms with Gasteiger partial charge in [0.05, 0.1) is 34.8 Å². The second-order valence-corrected chi connectivity index (χ2v) is 11.0. The van der Waals surface area contributed by atoms with Crippen LogP contribution in [0.5, 0.6) is 11.5 Å². The average Bonchev–Trinajstić information content (AvgIpc) is 3.68. The number of aromatic nitrogens is 6. The van der Waals surface area contributed by atoms with E-state index in [1.807, 2.05) is 79.7 Å². The Balaban J connectivity index is 1.20. The Labute approximate surface area is 258 Å². The van der Waals surface area contributed by atoms with Gasteiger partial charge in [0.1, 0.15) is 41.7 Å². The van der Waals surface area contributed by atoms with Crippen molar-refractivity contribution in [3.8, 4) is 45.3 Å². The lowest BCUT2D eigenvalue weighted by molar-refractivity contribution is 0.260. The molecule has 2 N–H and O–H groups in total. The predicted octanol–water partition coefficient (Wildman–Crippen LogP) is 6.89. The number of pyridine rings is 3. The van der Waals surface area contributed by atoms with Crippen molar-refractivity contribution in [1.29, 1.82) is 0 Å². The summed E-state index contributed by atoms with van der Waals surface area (Å²) >= 11 is 0. The summed E-state index contributed by atoms with van der Waals surface area (Å²) in [4.78, 5) is 19.2. The zero-order valence-electron chi connectivity index (χ0n) is 24.8. The van der Waals surface area contributed by atoms with Gasteiger partial charge in [-0.2, -0.15) is 5.10 Å². The first-order valence-electron chi connectivity index (χ1n) is 14.5. The number of nitrogens with one attached hydrogen (secondary N) is 2. The molecule has 0 amide bonds. The number of likely N-dealkylation sites (N-methyl/N-ethyl adjacent to an activating group) is 1. The molecule has 0 aliphatic rings. The van der Waals surface area contributed by atoms with Crippen molar-refractivity contribution in [3.63, 3.8) is 0 Å². The lowest BCUT2D eigenvalue weighted by atomic mass is 10.0. The molecule has 0 saturated carbocycles. The van der Waals surface area contributed by atoms with Gasteiger partial charge < -0.3 is 19.4 Å². The Kier molecular flexibility index (Phi) is 7.62. The number of rotatable bonds is 10. The summed E-state index contributed by atoms with van der Waals surface area (Å²) in [5, 5.41) is 8.56. The SMILES string of the molecule is CN(C)CCOc1cc(F)cc(-c2cncc3[nH]c(-c4n[nH]c5ccc(-c6cncc(OCc7ccccc7)c6)nc45)cc23)c1. The Hall–Kier alpha value is -5.61. The maximum Gasteiger partial charge on any atom is 0.138 e. The van der Waals surface area contributed by atoms with Gasteiger partial charge in [0.2, 0.25) is 0 Å². The summed E-state index contributed by atoms with van der Waals surface area (Å²) in [6.07, 6.45) is 6.94. The van der Waals surface area contributed by atoms with Crippen LogP contribution in [0.4, 0.5) is 4.39 Å². The summed E-state index contributed by atoms with van der Waals surface area (Å²) in [5.41, 5.74) is 7.79. The van der Waals surface area contributed by atoms with Crippen LogP contribution in [0.2, 0.25) is 0 Å². The fraction of sp³-hybridized carbons (Fsp3) is 0.143. The number of benzene rings is 2. The van der Waals surface area contributed by atoms with Crippen molar-refractivity contribution in [2.75, 3.05) is 27.2 Å². The minimum atomic E-state index is -0.376. The topological polar surface area (TPSA) is 105 Å². The maximum absolute atomic E-state index is 14.7. The molecule has 0 atom stereocenters. The molecule has 0 saturated heterocycles. The number of hydrogen-bond donors (Lipinski definition) is 2. The fourth-order valence-electron chi connectivity index (χ4n) is 5.18. The average molecular weight is 600 g/mol. The molecule has 0 aliphatic heterocycles. The van der Waals surface area contributed by atoms with Crippen molar-refractivity contribution < 1.29 is 13.9 Å². The van der Waals surface area contributed by atoms with E-state index in [4.69, 9.17) is 14.5 Å². The summed E-state index contributed by atoms with van der Waals surface area (Å²) in [5.74, 6) is 0.753. The maximum atomic E-state index is 14.7. The van der Waals surface area contributed by atoms with Gasteiger partial charge in [-0.3, -0.25) is 15.1 Å². The van der Waals surface area contributed by atoms with Crippen LogP contribution in [-0.4, -0.2) is 62.3 Å². The van der Waals surface area contributed by atoms with Crippen LogP contribution in [-0.2, 0) is 6.61 Å². The van der Waals surface area contributed by atoms with Crippen LogP contribution in [0.15, 0.2) is 97.6 Å². The van der Waals surface area contributed by atoms with Crippen molar-refractivity contribution in [3.05, 3.63) is 109 Å². The minimum Gasteiger partial charge on any atom is -0.492 e. The van der Waals surface area contributed by atoms with E-state index in [-0.39, 0.29) is 5.82 Å². The van der Waals surface area contributed by atoms with Gasteiger partial charge in [-0.15, -0.1) is 0 Å². The Morgan fingerprint density at radius 3 is 2.51 bits per heavy atom. The van der Waals surface area contributed by atoms with E-state index in [1.54, 1.807) is 24.8 Å². The monoisotopic (exact) mass is 599 g/mol. The normalized spacial score (nSPS) is 11.5. The molecule has 0 aliphatic carbocycles. The molecular weight excluding hydrogens is 569 g/mol. The third-order valence-electron chi connectivity index (χ3n) is 7.46. The first-order valence-corrected chi connectivity index (χ1v) is 14.5. The number of fused-ring (bicyclic) bond motifs is 2. The zero-order valence-corrected chi connectivity index (χ0v) is 24.8. The molecule has 0 radical (unpaired) electrons. The van der Waals surface area contributed by atoms with Crippen LogP contribution in [0.25, 0.3) is 55.7 Å². The molecular formula is C35H30FN7O2. The van der Waals surface area contributed by atoms with E-state index in [2.05, 4.69) is 25.1 Å². The molecule has 0 bridgehead atoms. The van der Waals surface area contributed by atoms with Crippen LogP contribution in [0, 0.1) is 5.82 Å². The smallest absolute Gasteiger partial charge is 0.138 e. The van der Waals surface area contributed by atoms with Crippen molar-refractivity contribution in [2.45, 2.75) is 6.61 Å². The largest absolute Gasteiger partial charge is 0.492 e. The summed E-state index contributed by atoms with van der Waals surface area (Å²) < 4.78 is 26.5. The number of ether oxygens (including phenoxy) is 2. The van der Waals surface area contributed by atoms with Gasteiger partial charge in [0.15, 0.2) is 0 Å². The number of aromatic amines is 2. The van der Waals surface area contributed by atoms with Gasteiger partial charge >= 0.3 is 0 Å². The van der Waals surface area contributed by atoms with Gasteiger partial charge in [-0.05, 0) is 61.6 Å². The van der Waals surface area contributed by atoms with Crippen LogP contribution < -0.4 is 9.47 Å². The third-order valence-corrected chi connectivity index (χ3v) is 7.46. The molecule has 5 heterocycles. The van der Waals surface area contributed by atoms with Crippen molar-refractivity contribution >= 4 is 21.9 Å². The number of H-pyrrole nitrogens is 2. The predicted molar refractivity (Wildman–Crippen MR) is 172 cm³/mol. The highest BCUT2D eigenvalue weighted by Crippen LogP contribution is 2.35. The van der Waals surface area contributed by atoms with Gasteiger partial charge in [-0.25, -0.2) is 9.37 Å². The minimum absolute atomic E-state index is 0.376. The lowest BCUT2D eigenvalue weighted by Crippen LogP contribution is -2.19. The molecule has 2 aromatic carbocycles. The highest BCUT2D eigenvalue weighted by atomic mass is 19.1. The quantitative estimate of drug-likeness (QED) is 0.176. The third kappa shape index (κ3) is 6.09. The van der Waals surface area contributed by atoms with Crippen LogP contribution in [0.1, 0.15) is 5.56 Å². The van der Waals surface area contributed by atoms with Crippen LogP contribution in [0.3, 0.4) is 0 Å². The summed E-state index contributed by atoms with van der Waals surface area (Å²) in [7, 11) is 3.93. The fourth-order valence-corrected chi connectivity index (χ4v) is 5.18. The number of nitrogens with zero attached hydrogens (tertiary/aromatic N) is 5. The lowest BCUT2D eigenvalue weighted by Gasteiger charge is -2.12. The Morgan fingerprint density at radius 2 is 1.64 bits per heavy atom. The van der Waals surface area contributed by atoms with E-state index in [9.17, 15) is 4.39 Å².